The number of anilines is 1. The molecule has 4 aromatic rings. The van der Waals surface area contributed by atoms with Crippen LogP contribution < -0.4 is 15.6 Å². The van der Waals surface area contributed by atoms with E-state index < -0.39 is 0 Å². The van der Waals surface area contributed by atoms with Crippen LogP contribution in [0, 0.1) is 0 Å². The fourth-order valence-electron chi connectivity index (χ4n) is 4.32. The van der Waals surface area contributed by atoms with Crippen molar-refractivity contribution in [1.82, 2.24) is 0 Å². The number of nitrogens with zero attached hydrogens (tertiary/aromatic N) is 1. The number of methoxy groups -OCH3 is 1. The fourth-order valence-corrected chi connectivity index (χ4v) is 5.57. The van der Waals surface area contributed by atoms with Gasteiger partial charge >= 0.3 is 5.97 Å². The number of esters is 1. The molecule has 0 fully saturated rings. The maximum absolute atomic E-state index is 13.4. The van der Waals surface area contributed by atoms with Crippen LogP contribution in [-0.2, 0) is 17.6 Å². The Morgan fingerprint density at radius 3 is 2.64 bits per heavy atom. The number of fused-ring (bicyclic) bond motifs is 2. The van der Waals surface area contributed by atoms with Crippen molar-refractivity contribution in [3.05, 3.63) is 81.7 Å². The van der Waals surface area contributed by atoms with E-state index in [1.807, 2.05) is 24.3 Å². The molecule has 0 radical (unpaired) electrons. The van der Waals surface area contributed by atoms with E-state index in [1.165, 1.54) is 11.3 Å². The molecular formula is C28H26N2O5S. The first-order chi connectivity index (χ1) is 17.6. The number of rotatable bonds is 6. The SMILES string of the molecule is CCOC(=O)c1c(N=c2oc3ccccc3cc2C(=O)Nc2ccc(OC)cc2)sc2c1CCCC2. The third-order valence-electron chi connectivity index (χ3n) is 6.08. The van der Waals surface area contributed by atoms with E-state index >= 15 is 0 Å². The number of benzene rings is 2. The van der Waals surface area contributed by atoms with Crippen molar-refractivity contribution in [2.45, 2.75) is 32.6 Å². The first-order valence-corrected chi connectivity index (χ1v) is 12.7. The Kier molecular flexibility index (Phi) is 6.86. The van der Waals surface area contributed by atoms with E-state index in [9.17, 15) is 9.59 Å². The van der Waals surface area contributed by atoms with Crippen LogP contribution in [0.15, 0.2) is 64.0 Å². The summed E-state index contributed by atoms with van der Waals surface area (Å²) in [5.41, 5.74) is 3.11. The molecule has 0 bridgehead atoms. The smallest absolute Gasteiger partial charge is 0.341 e. The Balaban J connectivity index is 1.64. The lowest BCUT2D eigenvalue weighted by Gasteiger charge is -2.11. The molecule has 36 heavy (non-hydrogen) atoms. The molecule has 1 N–H and O–H groups in total. The van der Waals surface area contributed by atoms with Crippen molar-refractivity contribution in [1.29, 1.82) is 0 Å². The summed E-state index contributed by atoms with van der Waals surface area (Å²) in [5, 5.41) is 4.19. The number of ether oxygens (including phenoxy) is 2. The highest BCUT2D eigenvalue weighted by Crippen LogP contribution is 2.40. The lowest BCUT2D eigenvalue weighted by Crippen LogP contribution is -2.21. The van der Waals surface area contributed by atoms with E-state index in [4.69, 9.17) is 18.9 Å². The number of amides is 1. The predicted octanol–water partition coefficient (Wildman–Crippen LogP) is 6.04. The molecule has 184 valence electrons. The standard InChI is InChI=1S/C28H26N2O5S/c1-3-34-28(32)24-20-9-5-7-11-23(20)36-27(24)30-26-21(16-17-8-4-6-10-22(17)35-26)25(31)29-18-12-14-19(33-2)15-13-18/h4,6,8,10,12-16H,3,5,7,9,11H2,1-2H3,(H,29,31). The molecule has 0 saturated carbocycles. The number of nitrogens with one attached hydrogen (secondary N) is 1. The number of carbonyl (C=O) groups excluding carboxylic acids is 2. The minimum Gasteiger partial charge on any atom is -0.497 e. The van der Waals surface area contributed by atoms with Crippen molar-refractivity contribution in [3.8, 4) is 5.75 Å². The maximum Gasteiger partial charge on any atom is 0.341 e. The van der Waals surface area contributed by atoms with Gasteiger partial charge in [-0.2, -0.15) is 0 Å². The lowest BCUT2D eigenvalue weighted by molar-refractivity contribution is 0.0526. The normalized spacial score (nSPS) is 13.3. The van der Waals surface area contributed by atoms with Crippen molar-refractivity contribution >= 4 is 44.9 Å². The molecule has 2 heterocycles. The van der Waals surface area contributed by atoms with Crippen LogP contribution in [0.5, 0.6) is 5.75 Å². The van der Waals surface area contributed by atoms with Gasteiger partial charge in [0.2, 0.25) is 5.55 Å². The molecule has 8 heteroatoms. The van der Waals surface area contributed by atoms with Gasteiger partial charge in [-0.1, -0.05) is 18.2 Å². The molecule has 0 unspecified atom stereocenters. The number of hydrogen-bond acceptors (Lipinski definition) is 7. The molecule has 0 aliphatic heterocycles. The second kappa shape index (κ2) is 10.4. The van der Waals surface area contributed by atoms with Gasteiger partial charge in [0.25, 0.3) is 5.91 Å². The lowest BCUT2D eigenvalue weighted by atomic mass is 9.95. The van der Waals surface area contributed by atoms with Gasteiger partial charge in [-0.25, -0.2) is 9.79 Å². The quantitative estimate of drug-likeness (QED) is 0.325. The molecule has 0 atom stereocenters. The minimum atomic E-state index is -0.388. The number of para-hydroxylation sites is 1. The average molecular weight is 503 g/mol. The summed E-state index contributed by atoms with van der Waals surface area (Å²) in [7, 11) is 1.59. The summed E-state index contributed by atoms with van der Waals surface area (Å²) in [6, 6.07) is 16.3. The first-order valence-electron chi connectivity index (χ1n) is 11.9. The summed E-state index contributed by atoms with van der Waals surface area (Å²) in [5.74, 6) is -0.0642. The van der Waals surface area contributed by atoms with E-state index in [-0.39, 0.29) is 29.6 Å². The molecule has 0 spiro atoms. The molecule has 0 saturated heterocycles. The van der Waals surface area contributed by atoms with E-state index in [1.54, 1.807) is 44.4 Å². The van der Waals surface area contributed by atoms with Crippen LogP contribution in [0.3, 0.4) is 0 Å². The molecule has 5 rings (SSSR count). The molecular weight excluding hydrogens is 476 g/mol. The first kappa shape index (κ1) is 23.8. The van der Waals surface area contributed by atoms with Gasteiger partial charge in [0.1, 0.15) is 21.9 Å². The van der Waals surface area contributed by atoms with E-state index in [2.05, 4.69) is 5.32 Å². The van der Waals surface area contributed by atoms with Gasteiger partial charge in [-0.3, -0.25) is 4.79 Å². The monoisotopic (exact) mass is 502 g/mol. The number of carbonyl (C=O) groups is 2. The van der Waals surface area contributed by atoms with Crippen LogP contribution in [-0.4, -0.2) is 25.6 Å². The third-order valence-corrected chi connectivity index (χ3v) is 7.27. The zero-order valence-electron chi connectivity index (χ0n) is 20.1. The highest BCUT2D eigenvalue weighted by molar-refractivity contribution is 7.16. The second-order valence-corrected chi connectivity index (χ2v) is 9.49. The van der Waals surface area contributed by atoms with Gasteiger partial charge in [0.05, 0.1) is 19.3 Å². The predicted molar refractivity (Wildman–Crippen MR) is 139 cm³/mol. The van der Waals surface area contributed by atoms with Crippen LogP contribution in [0.1, 0.15) is 50.9 Å². The topological polar surface area (TPSA) is 90.1 Å². The fraction of sp³-hybridized carbons (Fsp3) is 0.250. The zero-order valence-corrected chi connectivity index (χ0v) is 20.9. The largest absolute Gasteiger partial charge is 0.497 e. The molecule has 7 nitrogen and oxygen atoms in total. The summed E-state index contributed by atoms with van der Waals surface area (Å²) in [6.45, 7) is 2.06. The van der Waals surface area contributed by atoms with E-state index in [0.717, 1.165) is 41.5 Å². The average Bonchev–Trinajstić information content (AvgIpc) is 3.26. The Labute approximate surface area is 212 Å². The molecule has 2 aromatic heterocycles. The Hall–Kier alpha value is -3.91. The minimum absolute atomic E-state index is 0.142. The van der Waals surface area contributed by atoms with Crippen molar-refractivity contribution in [2.24, 2.45) is 4.99 Å². The summed E-state index contributed by atoms with van der Waals surface area (Å²) in [6.07, 6.45) is 3.81. The summed E-state index contributed by atoms with van der Waals surface area (Å²) in [4.78, 5) is 32.2. The van der Waals surface area contributed by atoms with Crippen molar-refractivity contribution in [2.75, 3.05) is 19.0 Å². The Morgan fingerprint density at radius 1 is 1.08 bits per heavy atom. The van der Waals surface area contributed by atoms with Crippen LogP contribution in [0.4, 0.5) is 10.7 Å². The molecule has 1 aliphatic carbocycles. The highest BCUT2D eigenvalue weighted by atomic mass is 32.1. The van der Waals surface area contributed by atoms with E-state index in [0.29, 0.717) is 27.6 Å². The van der Waals surface area contributed by atoms with Gasteiger partial charge in [-0.05, 0) is 74.6 Å². The van der Waals surface area contributed by atoms with Gasteiger partial charge < -0.3 is 19.2 Å². The third kappa shape index (κ3) is 4.77. The van der Waals surface area contributed by atoms with Gasteiger partial charge in [0.15, 0.2) is 0 Å². The zero-order chi connectivity index (χ0) is 25.1. The maximum atomic E-state index is 13.4. The molecule has 1 aliphatic rings. The second-order valence-electron chi connectivity index (χ2n) is 8.41. The summed E-state index contributed by atoms with van der Waals surface area (Å²) < 4.78 is 16.7. The molecule has 2 aromatic carbocycles. The Morgan fingerprint density at radius 2 is 1.86 bits per heavy atom. The van der Waals surface area contributed by atoms with Crippen molar-refractivity contribution in [3.63, 3.8) is 0 Å². The van der Waals surface area contributed by atoms with Gasteiger partial charge in [-0.15, -0.1) is 11.3 Å². The Bertz CT molecular complexity index is 1500. The van der Waals surface area contributed by atoms with Gasteiger partial charge in [0, 0.05) is 16.0 Å². The number of thiophene rings is 1. The van der Waals surface area contributed by atoms with Crippen molar-refractivity contribution < 1.29 is 23.5 Å². The van der Waals surface area contributed by atoms with Crippen LogP contribution in [0.25, 0.3) is 11.0 Å². The number of aryl methyl sites for hydroxylation is 1. The number of hydrogen-bond donors (Lipinski definition) is 1. The van der Waals surface area contributed by atoms with Crippen LogP contribution >= 0.6 is 11.3 Å². The van der Waals surface area contributed by atoms with Crippen LogP contribution in [0.2, 0.25) is 0 Å². The summed E-state index contributed by atoms with van der Waals surface area (Å²) >= 11 is 1.47. The molecule has 1 amide bonds. The highest BCUT2D eigenvalue weighted by Gasteiger charge is 2.27.